The van der Waals surface area contributed by atoms with E-state index < -0.39 is 0 Å². The zero-order chi connectivity index (χ0) is 18.7. The average molecular weight is 368 g/mol. The second kappa shape index (κ2) is 5.88. The third-order valence-corrected chi connectivity index (χ3v) is 7.77. The lowest BCUT2D eigenvalue weighted by atomic mass is 9.70. The molecule has 2 bridgehead atoms. The van der Waals surface area contributed by atoms with Crippen LogP contribution in [-0.2, 0) is 5.41 Å². The molecule has 0 unspecified atom stereocenters. The molecule has 0 amide bonds. The van der Waals surface area contributed by atoms with E-state index in [-0.39, 0.29) is 16.6 Å². The number of Topliss-reactive ketones (excluding diaryl/α,β-unsaturated/α-hetero) is 1. The molecule has 0 saturated heterocycles. The topological polar surface area (TPSA) is 55.7 Å². The van der Waals surface area contributed by atoms with Gasteiger partial charge in [0.25, 0.3) is 0 Å². The van der Waals surface area contributed by atoms with Crippen molar-refractivity contribution in [3.05, 3.63) is 46.3 Å². The fraction of sp³-hybridized carbons (Fsp3) is 0.524. The zero-order valence-corrected chi connectivity index (χ0v) is 16.9. The third-order valence-electron chi connectivity index (χ3n) is 6.93. The molecule has 5 heteroatoms. The SMILES string of the molecule is Cc1ccc(C(=O)CSc2nnc3c(n2)[C@]2(C)CC[C@H]3C2(C)C)cc1C. The molecule has 26 heavy (non-hydrogen) atoms. The number of fused-ring (bicyclic) bond motifs is 5. The summed E-state index contributed by atoms with van der Waals surface area (Å²) < 4.78 is 0. The maximum atomic E-state index is 12.5. The van der Waals surface area contributed by atoms with Gasteiger partial charge in [-0.1, -0.05) is 44.7 Å². The fourth-order valence-corrected chi connectivity index (χ4v) is 5.23. The van der Waals surface area contributed by atoms with Gasteiger partial charge in [0, 0.05) is 16.9 Å². The van der Waals surface area contributed by atoms with E-state index >= 15 is 0 Å². The van der Waals surface area contributed by atoms with Crippen LogP contribution >= 0.6 is 11.8 Å². The Morgan fingerprint density at radius 1 is 1.19 bits per heavy atom. The van der Waals surface area contributed by atoms with Crippen LogP contribution in [0.15, 0.2) is 23.4 Å². The number of carbonyl (C=O) groups excluding carboxylic acids is 1. The summed E-state index contributed by atoms with van der Waals surface area (Å²) in [5.41, 5.74) is 5.52. The molecule has 1 heterocycles. The lowest BCUT2D eigenvalue weighted by Gasteiger charge is -2.33. The van der Waals surface area contributed by atoms with Crippen molar-refractivity contribution < 1.29 is 4.79 Å². The Morgan fingerprint density at radius 3 is 2.69 bits per heavy atom. The van der Waals surface area contributed by atoms with Crippen molar-refractivity contribution >= 4 is 17.5 Å². The summed E-state index contributed by atoms with van der Waals surface area (Å²) in [6, 6.07) is 5.86. The quantitative estimate of drug-likeness (QED) is 0.582. The van der Waals surface area contributed by atoms with Crippen molar-refractivity contribution in [2.45, 2.75) is 63.9 Å². The number of carbonyl (C=O) groups is 1. The number of ketones is 1. The van der Waals surface area contributed by atoms with Gasteiger partial charge in [-0.15, -0.1) is 5.10 Å². The number of thioether (sulfide) groups is 1. The Morgan fingerprint density at radius 2 is 1.96 bits per heavy atom. The number of rotatable bonds is 4. The predicted molar refractivity (Wildman–Crippen MR) is 104 cm³/mol. The first-order chi connectivity index (χ1) is 12.2. The van der Waals surface area contributed by atoms with Gasteiger partial charge in [0.05, 0.1) is 17.1 Å². The highest BCUT2D eigenvalue weighted by atomic mass is 32.2. The molecule has 2 aliphatic carbocycles. The minimum Gasteiger partial charge on any atom is -0.293 e. The first kappa shape index (κ1) is 17.7. The highest BCUT2D eigenvalue weighted by molar-refractivity contribution is 7.99. The summed E-state index contributed by atoms with van der Waals surface area (Å²) in [5.74, 6) is 0.904. The van der Waals surface area contributed by atoms with Crippen molar-refractivity contribution in [3.8, 4) is 0 Å². The van der Waals surface area contributed by atoms with Crippen molar-refractivity contribution in [2.24, 2.45) is 5.41 Å². The number of hydrogen-bond donors (Lipinski definition) is 0. The summed E-state index contributed by atoms with van der Waals surface area (Å²) in [5, 5.41) is 9.44. The molecule has 1 aromatic carbocycles. The molecule has 1 fully saturated rings. The first-order valence-electron chi connectivity index (χ1n) is 9.22. The van der Waals surface area contributed by atoms with Crippen LogP contribution in [-0.4, -0.2) is 26.7 Å². The Balaban J connectivity index is 1.53. The summed E-state index contributed by atoms with van der Waals surface area (Å²) >= 11 is 1.39. The minimum atomic E-state index is 0.0658. The largest absolute Gasteiger partial charge is 0.293 e. The highest BCUT2D eigenvalue weighted by Crippen LogP contribution is 2.66. The number of aromatic nitrogens is 3. The summed E-state index contributed by atoms with van der Waals surface area (Å²) in [4.78, 5) is 17.3. The van der Waals surface area contributed by atoms with Gasteiger partial charge in [-0.3, -0.25) is 4.79 Å². The van der Waals surface area contributed by atoms with Gasteiger partial charge in [-0.2, -0.15) is 5.10 Å². The highest BCUT2D eigenvalue weighted by Gasteiger charge is 2.61. The van der Waals surface area contributed by atoms with E-state index in [0.717, 1.165) is 28.9 Å². The average Bonchev–Trinajstić information content (AvgIpc) is 2.94. The summed E-state index contributed by atoms with van der Waals surface area (Å²) in [7, 11) is 0. The molecule has 0 spiro atoms. The van der Waals surface area contributed by atoms with Crippen LogP contribution in [0.5, 0.6) is 0 Å². The van der Waals surface area contributed by atoms with E-state index in [1.165, 1.54) is 23.7 Å². The van der Waals surface area contributed by atoms with Crippen molar-refractivity contribution in [3.63, 3.8) is 0 Å². The standard InChI is InChI=1S/C21H25N3OS/c1-12-6-7-14(10-13(12)2)16(25)11-26-19-22-18-17(23-24-19)15-8-9-21(18,5)20(15,3)4/h6-7,10,15H,8-9,11H2,1-5H3/t15-,21+/m1/s1. The van der Waals surface area contributed by atoms with Crippen molar-refractivity contribution in [2.75, 3.05) is 5.75 Å². The predicted octanol–water partition coefficient (Wildman–Crippen LogP) is 4.64. The van der Waals surface area contributed by atoms with Gasteiger partial charge < -0.3 is 0 Å². The Kier molecular flexibility index (Phi) is 3.99. The molecule has 0 radical (unpaired) electrons. The van der Waals surface area contributed by atoms with E-state index in [9.17, 15) is 4.79 Å². The van der Waals surface area contributed by atoms with E-state index in [2.05, 4.69) is 37.9 Å². The maximum absolute atomic E-state index is 12.5. The third kappa shape index (κ3) is 2.43. The van der Waals surface area contributed by atoms with E-state index in [1.54, 1.807) is 0 Å². The lowest BCUT2D eigenvalue weighted by molar-refractivity contribution is 0.102. The second-order valence-corrected chi connectivity index (χ2v) is 9.43. The molecular weight excluding hydrogens is 342 g/mol. The van der Waals surface area contributed by atoms with E-state index in [4.69, 9.17) is 4.98 Å². The van der Waals surface area contributed by atoms with Gasteiger partial charge in [-0.25, -0.2) is 4.98 Å². The van der Waals surface area contributed by atoms with Crippen LogP contribution in [0.1, 0.15) is 72.4 Å². The van der Waals surface area contributed by atoms with Gasteiger partial charge >= 0.3 is 0 Å². The smallest absolute Gasteiger partial charge is 0.209 e. The number of benzene rings is 1. The zero-order valence-electron chi connectivity index (χ0n) is 16.1. The Labute approximate surface area is 159 Å². The van der Waals surface area contributed by atoms with Crippen LogP contribution in [0, 0.1) is 19.3 Å². The Bertz CT molecular complexity index is 908. The molecular formula is C21H25N3OS. The number of aryl methyl sites for hydroxylation is 2. The van der Waals surface area contributed by atoms with Crippen LogP contribution in [0.25, 0.3) is 0 Å². The van der Waals surface area contributed by atoms with Crippen molar-refractivity contribution in [1.82, 2.24) is 15.2 Å². The van der Waals surface area contributed by atoms with Gasteiger partial charge in [0.1, 0.15) is 0 Å². The fourth-order valence-electron chi connectivity index (χ4n) is 4.55. The molecule has 1 saturated carbocycles. The van der Waals surface area contributed by atoms with Gasteiger partial charge in [0.2, 0.25) is 5.16 Å². The molecule has 4 rings (SSSR count). The number of hydrogen-bond acceptors (Lipinski definition) is 5. The van der Waals surface area contributed by atoms with E-state index in [0.29, 0.717) is 16.8 Å². The molecule has 1 aromatic heterocycles. The van der Waals surface area contributed by atoms with Gasteiger partial charge in [-0.05, 0) is 49.3 Å². The monoisotopic (exact) mass is 367 g/mol. The molecule has 2 aromatic rings. The molecule has 136 valence electrons. The maximum Gasteiger partial charge on any atom is 0.209 e. The lowest BCUT2D eigenvalue weighted by Crippen LogP contribution is -2.32. The van der Waals surface area contributed by atoms with Crippen LogP contribution in [0.3, 0.4) is 0 Å². The van der Waals surface area contributed by atoms with E-state index in [1.807, 2.05) is 25.1 Å². The van der Waals surface area contributed by atoms with Crippen LogP contribution < -0.4 is 0 Å². The first-order valence-corrected chi connectivity index (χ1v) is 10.2. The molecule has 0 aliphatic heterocycles. The van der Waals surface area contributed by atoms with Crippen LogP contribution in [0.2, 0.25) is 0 Å². The van der Waals surface area contributed by atoms with Gasteiger partial charge in [0.15, 0.2) is 5.78 Å². The van der Waals surface area contributed by atoms with Crippen molar-refractivity contribution in [1.29, 1.82) is 0 Å². The minimum absolute atomic E-state index is 0.0658. The Hall–Kier alpha value is -1.75. The second-order valence-electron chi connectivity index (χ2n) is 8.48. The normalized spacial score (nSPS) is 25.3. The number of nitrogens with zero attached hydrogens (tertiary/aromatic N) is 3. The molecule has 2 aliphatic rings. The van der Waals surface area contributed by atoms with Crippen LogP contribution in [0.4, 0.5) is 0 Å². The molecule has 2 atom stereocenters. The molecule has 0 N–H and O–H groups in total. The molecule has 4 nitrogen and oxygen atoms in total. The summed E-state index contributed by atoms with van der Waals surface area (Å²) in [6.45, 7) is 11.0. The summed E-state index contributed by atoms with van der Waals surface area (Å²) in [6.07, 6.45) is 2.33.